The molecule has 0 saturated heterocycles. The van der Waals surface area contributed by atoms with E-state index < -0.39 is 0 Å². The summed E-state index contributed by atoms with van der Waals surface area (Å²) in [5.74, 6) is 0.509. The van der Waals surface area contributed by atoms with Gasteiger partial charge in [0, 0.05) is 11.4 Å². The van der Waals surface area contributed by atoms with Crippen LogP contribution in [0, 0.1) is 13.8 Å². The fraction of sp³-hybridized carbons (Fsp3) is 0.250. The van der Waals surface area contributed by atoms with E-state index in [-0.39, 0.29) is 0 Å². The Labute approximate surface area is 115 Å². The molecule has 0 radical (unpaired) electrons. The van der Waals surface area contributed by atoms with Crippen LogP contribution < -0.4 is 5.43 Å². The van der Waals surface area contributed by atoms with E-state index in [1.165, 1.54) is 11.3 Å². The van der Waals surface area contributed by atoms with Crippen LogP contribution in [0.5, 0.6) is 0 Å². The summed E-state index contributed by atoms with van der Waals surface area (Å²) in [5, 5.41) is 4.25. The Kier molecular flexibility index (Phi) is 3.93. The molecule has 4 nitrogen and oxygen atoms in total. The second-order valence-corrected chi connectivity index (χ2v) is 5.60. The standard InChI is InChI=1S/C12H13ClN4S/c1-7-6-8(2)15-12(14-7)17-16-9(3)10-4-5-11(13)18-10/h4-6H,1-3H3,(H,14,15,17)/b16-9+. The third kappa shape index (κ3) is 3.27. The molecule has 18 heavy (non-hydrogen) atoms. The number of nitrogens with one attached hydrogen (secondary N) is 1. The third-order valence-electron chi connectivity index (χ3n) is 2.24. The molecule has 0 amide bonds. The zero-order valence-corrected chi connectivity index (χ0v) is 11.9. The second-order valence-electron chi connectivity index (χ2n) is 3.89. The highest BCUT2D eigenvalue weighted by atomic mass is 35.5. The van der Waals surface area contributed by atoms with Crippen LogP contribution in [0.4, 0.5) is 5.95 Å². The lowest BCUT2D eigenvalue weighted by Crippen LogP contribution is -2.02. The van der Waals surface area contributed by atoms with Gasteiger partial charge in [0.15, 0.2) is 0 Å². The van der Waals surface area contributed by atoms with Gasteiger partial charge in [-0.2, -0.15) is 5.10 Å². The average molecular weight is 281 g/mol. The van der Waals surface area contributed by atoms with Gasteiger partial charge in [-0.1, -0.05) is 11.6 Å². The first-order valence-corrected chi connectivity index (χ1v) is 6.62. The Morgan fingerprint density at radius 3 is 2.50 bits per heavy atom. The molecule has 2 aromatic rings. The molecule has 2 aromatic heterocycles. The van der Waals surface area contributed by atoms with Crippen molar-refractivity contribution in [1.29, 1.82) is 0 Å². The molecule has 0 spiro atoms. The van der Waals surface area contributed by atoms with E-state index >= 15 is 0 Å². The van der Waals surface area contributed by atoms with Crippen molar-refractivity contribution in [3.05, 3.63) is 38.8 Å². The van der Waals surface area contributed by atoms with Crippen LogP contribution in [0.2, 0.25) is 4.34 Å². The fourth-order valence-electron chi connectivity index (χ4n) is 1.47. The van der Waals surface area contributed by atoms with E-state index in [0.29, 0.717) is 5.95 Å². The lowest BCUT2D eigenvalue weighted by atomic mass is 10.3. The van der Waals surface area contributed by atoms with E-state index in [1.54, 1.807) is 0 Å². The Hall–Kier alpha value is -1.46. The van der Waals surface area contributed by atoms with Gasteiger partial charge >= 0.3 is 0 Å². The molecule has 94 valence electrons. The smallest absolute Gasteiger partial charge is 0.243 e. The molecule has 0 aliphatic carbocycles. The fourth-order valence-corrected chi connectivity index (χ4v) is 2.46. The minimum Gasteiger partial charge on any atom is -0.245 e. The third-order valence-corrected chi connectivity index (χ3v) is 3.58. The van der Waals surface area contributed by atoms with Crippen molar-refractivity contribution < 1.29 is 0 Å². The summed E-state index contributed by atoms with van der Waals surface area (Å²) in [7, 11) is 0. The highest BCUT2D eigenvalue weighted by molar-refractivity contribution is 7.18. The van der Waals surface area contributed by atoms with Gasteiger partial charge in [0.1, 0.15) is 0 Å². The highest BCUT2D eigenvalue weighted by Crippen LogP contribution is 2.22. The van der Waals surface area contributed by atoms with E-state index in [4.69, 9.17) is 11.6 Å². The highest BCUT2D eigenvalue weighted by Gasteiger charge is 2.02. The molecule has 0 saturated carbocycles. The van der Waals surface area contributed by atoms with Crippen molar-refractivity contribution >= 4 is 34.6 Å². The molecule has 2 rings (SSSR count). The van der Waals surface area contributed by atoms with Crippen molar-refractivity contribution in [2.24, 2.45) is 5.10 Å². The summed E-state index contributed by atoms with van der Waals surface area (Å²) in [6.07, 6.45) is 0. The van der Waals surface area contributed by atoms with Crippen LogP contribution in [0.3, 0.4) is 0 Å². The normalized spacial score (nSPS) is 11.7. The zero-order chi connectivity index (χ0) is 13.1. The second kappa shape index (κ2) is 5.46. The van der Waals surface area contributed by atoms with Crippen LogP contribution in [-0.2, 0) is 0 Å². The Bertz CT molecular complexity index is 571. The minimum atomic E-state index is 0.509. The molecular formula is C12H13ClN4S. The summed E-state index contributed by atoms with van der Waals surface area (Å²) in [6.45, 7) is 5.77. The van der Waals surface area contributed by atoms with Crippen molar-refractivity contribution in [2.75, 3.05) is 5.43 Å². The maximum Gasteiger partial charge on any atom is 0.243 e. The summed E-state index contributed by atoms with van der Waals surface area (Å²) in [6, 6.07) is 5.71. The van der Waals surface area contributed by atoms with E-state index in [9.17, 15) is 0 Å². The van der Waals surface area contributed by atoms with Crippen LogP contribution in [0.25, 0.3) is 0 Å². The number of hydrogen-bond acceptors (Lipinski definition) is 5. The molecule has 0 bridgehead atoms. The summed E-state index contributed by atoms with van der Waals surface area (Å²) in [5.41, 5.74) is 5.55. The molecule has 0 aromatic carbocycles. The van der Waals surface area contributed by atoms with Gasteiger partial charge in [-0.3, -0.25) is 0 Å². The Morgan fingerprint density at radius 2 is 1.94 bits per heavy atom. The van der Waals surface area contributed by atoms with Crippen molar-refractivity contribution in [1.82, 2.24) is 9.97 Å². The van der Waals surface area contributed by atoms with Crippen molar-refractivity contribution in [3.8, 4) is 0 Å². The van der Waals surface area contributed by atoms with Gasteiger partial charge < -0.3 is 0 Å². The number of nitrogens with zero attached hydrogens (tertiary/aromatic N) is 3. The predicted molar refractivity (Wildman–Crippen MR) is 76.7 cm³/mol. The summed E-state index contributed by atoms with van der Waals surface area (Å²) < 4.78 is 0.752. The number of hydrazone groups is 1. The van der Waals surface area contributed by atoms with Gasteiger partial charge in [-0.25, -0.2) is 15.4 Å². The lowest BCUT2D eigenvalue weighted by Gasteiger charge is -2.02. The predicted octanol–water partition coefficient (Wildman–Crippen LogP) is 3.64. The number of aryl methyl sites for hydroxylation is 2. The molecule has 6 heteroatoms. The zero-order valence-electron chi connectivity index (χ0n) is 10.4. The quantitative estimate of drug-likeness (QED) is 0.690. The van der Waals surface area contributed by atoms with E-state index in [1.807, 2.05) is 39.0 Å². The van der Waals surface area contributed by atoms with Gasteiger partial charge in [0.05, 0.1) is 14.9 Å². The van der Waals surface area contributed by atoms with Crippen LogP contribution >= 0.6 is 22.9 Å². The Balaban J connectivity index is 2.14. The molecule has 0 aliphatic heterocycles. The van der Waals surface area contributed by atoms with E-state index in [0.717, 1.165) is 26.3 Å². The average Bonchev–Trinajstić information content (AvgIpc) is 2.71. The molecule has 0 atom stereocenters. The molecule has 0 fully saturated rings. The molecule has 0 unspecified atom stereocenters. The molecule has 1 N–H and O–H groups in total. The number of hydrogen-bond donors (Lipinski definition) is 1. The topological polar surface area (TPSA) is 50.2 Å². The van der Waals surface area contributed by atoms with E-state index in [2.05, 4.69) is 20.5 Å². The first kappa shape index (κ1) is 13.0. The minimum absolute atomic E-state index is 0.509. The number of anilines is 1. The number of aromatic nitrogens is 2. The van der Waals surface area contributed by atoms with Crippen LogP contribution in [0.1, 0.15) is 23.2 Å². The first-order chi connectivity index (χ1) is 8.54. The van der Waals surface area contributed by atoms with Gasteiger partial charge in [-0.05, 0) is 39.0 Å². The van der Waals surface area contributed by atoms with Crippen LogP contribution in [0.15, 0.2) is 23.3 Å². The van der Waals surface area contributed by atoms with Crippen molar-refractivity contribution in [3.63, 3.8) is 0 Å². The Morgan fingerprint density at radius 1 is 1.28 bits per heavy atom. The van der Waals surface area contributed by atoms with Gasteiger partial charge in [-0.15, -0.1) is 11.3 Å². The number of halogens is 1. The number of thiophene rings is 1. The van der Waals surface area contributed by atoms with Crippen molar-refractivity contribution in [2.45, 2.75) is 20.8 Å². The number of rotatable bonds is 3. The SMILES string of the molecule is C/C(=N\Nc1nc(C)cc(C)n1)c1ccc(Cl)s1. The van der Waals surface area contributed by atoms with Gasteiger partial charge in [0.25, 0.3) is 0 Å². The molecular weight excluding hydrogens is 268 g/mol. The maximum atomic E-state index is 5.88. The molecule has 2 heterocycles. The summed E-state index contributed by atoms with van der Waals surface area (Å²) >= 11 is 7.37. The maximum absolute atomic E-state index is 5.88. The van der Waals surface area contributed by atoms with Gasteiger partial charge in [0.2, 0.25) is 5.95 Å². The first-order valence-electron chi connectivity index (χ1n) is 5.43. The lowest BCUT2D eigenvalue weighted by molar-refractivity contribution is 1.03. The molecule has 0 aliphatic rings. The monoisotopic (exact) mass is 280 g/mol. The van der Waals surface area contributed by atoms with Crippen LogP contribution in [-0.4, -0.2) is 15.7 Å². The summed E-state index contributed by atoms with van der Waals surface area (Å²) in [4.78, 5) is 9.53. The largest absolute Gasteiger partial charge is 0.245 e.